The van der Waals surface area contributed by atoms with Gasteiger partial charge in [-0.15, -0.1) is 0 Å². The highest BCUT2D eigenvalue weighted by atomic mass is 16.5. The summed E-state index contributed by atoms with van der Waals surface area (Å²) in [6.07, 6.45) is 2.74. The third kappa shape index (κ3) is 4.31. The molecule has 1 saturated heterocycles. The Labute approximate surface area is 119 Å². The predicted octanol–water partition coefficient (Wildman–Crippen LogP) is 0.719. The summed E-state index contributed by atoms with van der Waals surface area (Å²) in [6.45, 7) is 6.82. The summed E-state index contributed by atoms with van der Waals surface area (Å²) >= 11 is 0. The van der Waals surface area contributed by atoms with Crippen molar-refractivity contribution >= 4 is 5.91 Å². The molecule has 1 amide bonds. The molecule has 6 nitrogen and oxygen atoms in total. The van der Waals surface area contributed by atoms with Crippen LogP contribution in [0.2, 0.25) is 0 Å². The number of carbonyl (C=O) groups excluding carboxylic acids is 1. The first-order valence-corrected chi connectivity index (χ1v) is 7.17. The molecule has 0 bridgehead atoms. The van der Waals surface area contributed by atoms with E-state index in [9.17, 15) is 4.79 Å². The largest absolute Gasteiger partial charge is 0.376 e. The molecule has 112 valence electrons. The molecule has 0 unspecified atom stereocenters. The Morgan fingerprint density at radius 2 is 2.20 bits per heavy atom. The fourth-order valence-corrected chi connectivity index (χ4v) is 2.36. The molecule has 0 radical (unpaired) electrons. The van der Waals surface area contributed by atoms with Crippen molar-refractivity contribution < 1.29 is 14.1 Å². The van der Waals surface area contributed by atoms with Crippen LogP contribution >= 0.6 is 0 Å². The summed E-state index contributed by atoms with van der Waals surface area (Å²) < 4.78 is 10.8. The second kappa shape index (κ2) is 7.40. The van der Waals surface area contributed by atoms with Crippen molar-refractivity contribution in [3.8, 4) is 0 Å². The Morgan fingerprint density at radius 1 is 1.45 bits per heavy atom. The van der Waals surface area contributed by atoms with Gasteiger partial charge in [0.25, 0.3) is 0 Å². The first kappa shape index (κ1) is 15.0. The molecule has 2 N–H and O–H groups in total. The van der Waals surface area contributed by atoms with E-state index in [4.69, 9.17) is 9.26 Å². The zero-order chi connectivity index (χ0) is 14.4. The number of hydrogen-bond donors (Lipinski definition) is 2. The third-order valence-corrected chi connectivity index (χ3v) is 3.58. The average Bonchev–Trinajstić information content (AvgIpc) is 2.77. The van der Waals surface area contributed by atoms with Crippen molar-refractivity contribution in [3.63, 3.8) is 0 Å². The average molecular weight is 281 g/mol. The highest BCUT2D eigenvalue weighted by Crippen LogP contribution is 2.12. The number of carbonyl (C=O) groups is 1. The zero-order valence-electron chi connectivity index (χ0n) is 12.2. The first-order chi connectivity index (χ1) is 9.66. The van der Waals surface area contributed by atoms with Gasteiger partial charge in [0.2, 0.25) is 5.91 Å². The van der Waals surface area contributed by atoms with E-state index in [0.717, 1.165) is 37.2 Å². The van der Waals surface area contributed by atoms with Crippen molar-refractivity contribution in [3.05, 3.63) is 17.0 Å². The Morgan fingerprint density at radius 3 is 2.85 bits per heavy atom. The van der Waals surface area contributed by atoms with Crippen LogP contribution < -0.4 is 10.6 Å². The zero-order valence-corrected chi connectivity index (χ0v) is 12.2. The van der Waals surface area contributed by atoms with Gasteiger partial charge in [0.15, 0.2) is 0 Å². The lowest BCUT2D eigenvalue weighted by Crippen LogP contribution is -2.35. The van der Waals surface area contributed by atoms with E-state index in [2.05, 4.69) is 15.8 Å². The summed E-state index contributed by atoms with van der Waals surface area (Å²) in [6, 6.07) is 0. The van der Waals surface area contributed by atoms with Crippen molar-refractivity contribution in [2.45, 2.75) is 39.2 Å². The minimum atomic E-state index is -0.0201. The minimum absolute atomic E-state index is 0.0201. The molecule has 1 aromatic heterocycles. The maximum absolute atomic E-state index is 11.8. The molecule has 1 aromatic rings. The number of hydrogen-bond acceptors (Lipinski definition) is 5. The van der Waals surface area contributed by atoms with Gasteiger partial charge in [0, 0.05) is 12.1 Å². The fourth-order valence-electron chi connectivity index (χ4n) is 2.36. The van der Waals surface area contributed by atoms with Crippen molar-refractivity contribution in [2.24, 2.45) is 0 Å². The lowest BCUT2D eigenvalue weighted by molar-refractivity contribution is -0.120. The van der Waals surface area contributed by atoms with Crippen LogP contribution in [0.3, 0.4) is 0 Å². The van der Waals surface area contributed by atoms with Gasteiger partial charge in [-0.2, -0.15) is 0 Å². The normalized spacial score (nSPS) is 16.3. The van der Waals surface area contributed by atoms with E-state index in [1.165, 1.54) is 0 Å². The van der Waals surface area contributed by atoms with Gasteiger partial charge in [-0.25, -0.2) is 0 Å². The van der Waals surface area contributed by atoms with Crippen LogP contribution in [-0.2, 0) is 16.0 Å². The van der Waals surface area contributed by atoms with Gasteiger partial charge in [-0.05, 0) is 39.8 Å². The number of aromatic nitrogens is 1. The predicted molar refractivity (Wildman–Crippen MR) is 74.5 cm³/mol. The fraction of sp³-hybridized carbons (Fsp3) is 0.714. The van der Waals surface area contributed by atoms with Gasteiger partial charge >= 0.3 is 0 Å². The number of rotatable bonds is 6. The molecule has 1 fully saturated rings. The van der Waals surface area contributed by atoms with Gasteiger partial charge in [-0.3, -0.25) is 4.79 Å². The van der Waals surface area contributed by atoms with E-state index in [-0.39, 0.29) is 5.91 Å². The SMILES string of the molecule is Cc1noc(C)c1CC(=O)NCCOC1CCNCC1. The Bertz CT molecular complexity index is 419. The number of ether oxygens (including phenoxy) is 1. The molecular weight excluding hydrogens is 258 g/mol. The standard InChI is InChI=1S/C14H23N3O3/c1-10-13(11(2)20-17-10)9-14(18)16-7-8-19-12-3-5-15-6-4-12/h12,15H,3-9H2,1-2H3,(H,16,18). The van der Waals surface area contributed by atoms with E-state index < -0.39 is 0 Å². The van der Waals surface area contributed by atoms with Crippen LogP contribution in [0.25, 0.3) is 0 Å². The summed E-state index contributed by atoms with van der Waals surface area (Å²) in [5, 5.41) is 10.0. The van der Waals surface area contributed by atoms with Crippen LogP contribution in [0, 0.1) is 13.8 Å². The van der Waals surface area contributed by atoms with Gasteiger partial charge in [0.05, 0.1) is 24.8 Å². The lowest BCUT2D eigenvalue weighted by atomic mass is 10.1. The van der Waals surface area contributed by atoms with E-state index in [0.29, 0.717) is 31.4 Å². The second-order valence-corrected chi connectivity index (χ2v) is 5.15. The van der Waals surface area contributed by atoms with Crippen LogP contribution in [0.1, 0.15) is 29.9 Å². The summed E-state index contributed by atoms with van der Waals surface area (Å²) in [5.74, 6) is 0.692. The van der Waals surface area contributed by atoms with Crippen LogP contribution in [0.5, 0.6) is 0 Å². The molecule has 1 aliphatic rings. The number of amides is 1. The Hall–Kier alpha value is -1.40. The Balaban J connectivity index is 1.63. The summed E-state index contributed by atoms with van der Waals surface area (Å²) in [4.78, 5) is 11.8. The number of nitrogens with zero attached hydrogens (tertiary/aromatic N) is 1. The van der Waals surface area contributed by atoms with Crippen LogP contribution in [-0.4, -0.2) is 43.4 Å². The quantitative estimate of drug-likeness (QED) is 0.751. The number of aryl methyl sites for hydroxylation is 2. The monoisotopic (exact) mass is 281 g/mol. The van der Waals surface area contributed by atoms with Crippen molar-refractivity contribution in [1.82, 2.24) is 15.8 Å². The van der Waals surface area contributed by atoms with Crippen molar-refractivity contribution in [2.75, 3.05) is 26.2 Å². The molecule has 20 heavy (non-hydrogen) atoms. The molecule has 0 atom stereocenters. The van der Waals surface area contributed by atoms with Gasteiger partial charge < -0.3 is 19.9 Å². The highest BCUT2D eigenvalue weighted by Gasteiger charge is 2.14. The molecule has 2 rings (SSSR count). The molecular formula is C14H23N3O3. The molecule has 0 aromatic carbocycles. The molecule has 0 aliphatic carbocycles. The highest BCUT2D eigenvalue weighted by molar-refractivity contribution is 5.78. The summed E-state index contributed by atoms with van der Waals surface area (Å²) in [5.41, 5.74) is 1.66. The number of nitrogens with one attached hydrogen (secondary N) is 2. The minimum Gasteiger partial charge on any atom is -0.376 e. The smallest absolute Gasteiger partial charge is 0.224 e. The molecule has 2 heterocycles. The first-order valence-electron chi connectivity index (χ1n) is 7.17. The lowest BCUT2D eigenvalue weighted by Gasteiger charge is -2.22. The van der Waals surface area contributed by atoms with Crippen LogP contribution in [0.15, 0.2) is 4.52 Å². The molecule has 1 aliphatic heterocycles. The number of piperidine rings is 1. The van der Waals surface area contributed by atoms with Crippen LogP contribution in [0.4, 0.5) is 0 Å². The van der Waals surface area contributed by atoms with Gasteiger partial charge in [0.1, 0.15) is 5.76 Å². The summed E-state index contributed by atoms with van der Waals surface area (Å²) in [7, 11) is 0. The van der Waals surface area contributed by atoms with Crippen molar-refractivity contribution in [1.29, 1.82) is 0 Å². The maximum Gasteiger partial charge on any atom is 0.224 e. The topological polar surface area (TPSA) is 76.4 Å². The van der Waals surface area contributed by atoms with E-state index in [1.807, 2.05) is 13.8 Å². The Kier molecular flexibility index (Phi) is 5.55. The maximum atomic E-state index is 11.8. The van der Waals surface area contributed by atoms with E-state index >= 15 is 0 Å². The molecule has 6 heteroatoms. The van der Waals surface area contributed by atoms with E-state index in [1.54, 1.807) is 0 Å². The molecule has 0 spiro atoms. The molecule has 0 saturated carbocycles. The third-order valence-electron chi connectivity index (χ3n) is 3.58. The van der Waals surface area contributed by atoms with Gasteiger partial charge in [-0.1, -0.05) is 5.16 Å². The second-order valence-electron chi connectivity index (χ2n) is 5.15.